The second-order valence-corrected chi connectivity index (χ2v) is 21.6. The van der Waals surface area contributed by atoms with E-state index in [1.807, 2.05) is 6.08 Å². The molecular formula is C70H122O6. The van der Waals surface area contributed by atoms with E-state index in [0.29, 0.717) is 19.3 Å². The molecule has 0 aliphatic carbocycles. The van der Waals surface area contributed by atoms with E-state index in [0.717, 1.165) is 77.0 Å². The molecule has 0 spiro atoms. The fraction of sp³-hybridized carbons (Fsp3) is 0.757. The Morgan fingerprint density at radius 3 is 0.882 bits per heavy atom. The second kappa shape index (κ2) is 64.1. The molecule has 1 atom stereocenters. The van der Waals surface area contributed by atoms with E-state index >= 15 is 0 Å². The van der Waals surface area contributed by atoms with Gasteiger partial charge in [0.05, 0.1) is 0 Å². The highest BCUT2D eigenvalue weighted by molar-refractivity contribution is 5.71. The monoisotopic (exact) mass is 1060 g/mol. The Kier molecular flexibility index (Phi) is 61.2. The highest BCUT2D eigenvalue weighted by Crippen LogP contribution is 2.17. The van der Waals surface area contributed by atoms with Crippen LogP contribution in [0.3, 0.4) is 0 Å². The first-order valence-corrected chi connectivity index (χ1v) is 32.6. The first-order chi connectivity index (χ1) is 37.5. The SMILES string of the molecule is CC/C=C\C/C=C\C/C=C\C/C=C\CCC(=O)OCC(COC(=O)CCCCCCCCCCCCCCCC/C=C\C/C=C\C/C=C\CCCCCCC)OC(=O)CCCCCCCCCCCCCCCCCC. The number of allylic oxidation sites excluding steroid dienone is 14. The number of hydrogen-bond donors (Lipinski definition) is 0. The summed E-state index contributed by atoms with van der Waals surface area (Å²) < 4.78 is 16.8. The van der Waals surface area contributed by atoms with Crippen LogP contribution in [0.2, 0.25) is 0 Å². The van der Waals surface area contributed by atoms with Crippen molar-refractivity contribution >= 4 is 17.9 Å². The number of carbonyl (C=O) groups excluding carboxylic acids is 3. The molecule has 6 heteroatoms. The molecule has 0 heterocycles. The lowest BCUT2D eigenvalue weighted by atomic mass is 10.0. The molecule has 0 aromatic carbocycles. The summed E-state index contributed by atoms with van der Waals surface area (Å²) >= 11 is 0. The van der Waals surface area contributed by atoms with Gasteiger partial charge in [-0.05, 0) is 83.5 Å². The minimum absolute atomic E-state index is 0.0957. The van der Waals surface area contributed by atoms with E-state index in [9.17, 15) is 14.4 Å². The molecule has 6 nitrogen and oxygen atoms in total. The molecule has 0 amide bonds. The van der Waals surface area contributed by atoms with E-state index in [1.165, 1.54) is 199 Å². The van der Waals surface area contributed by atoms with Gasteiger partial charge in [-0.25, -0.2) is 0 Å². The van der Waals surface area contributed by atoms with Gasteiger partial charge in [0.1, 0.15) is 13.2 Å². The van der Waals surface area contributed by atoms with Crippen LogP contribution in [0.5, 0.6) is 0 Å². The molecule has 76 heavy (non-hydrogen) atoms. The van der Waals surface area contributed by atoms with E-state index in [4.69, 9.17) is 14.2 Å². The molecule has 0 aromatic heterocycles. The standard InChI is InChI=1S/C70H122O6/c1-4-7-10-13-16-19-22-25-27-29-30-31-32-33-34-35-36-37-38-39-40-41-43-45-48-51-54-57-60-63-69(72)75-66-67(65-74-68(71)62-59-56-53-50-47-44-24-21-18-15-12-9-6-3)76-70(73)64-61-58-55-52-49-46-42-28-26-23-20-17-14-11-8-5-2/h9,12,18,21-22,25,29-30,32-33,44,47,53,56,67H,4-8,10-11,13-17,19-20,23-24,26-28,31,34-43,45-46,48-52,54-55,57-66H2,1-3H3/b12-9-,21-18-,25-22-,30-29-,33-32-,47-44-,56-53-. The fourth-order valence-electron chi connectivity index (χ4n) is 9.29. The largest absolute Gasteiger partial charge is 0.462 e. The van der Waals surface area contributed by atoms with E-state index < -0.39 is 6.10 Å². The van der Waals surface area contributed by atoms with Crippen molar-refractivity contribution in [3.8, 4) is 0 Å². The van der Waals surface area contributed by atoms with Crippen LogP contribution in [-0.2, 0) is 28.6 Å². The van der Waals surface area contributed by atoms with Gasteiger partial charge in [-0.3, -0.25) is 14.4 Å². The van der Waals surface area contributed by atoms with Crippen LogP contribution in [0.4, 0.5) is 0 Å². The van der Waals surface area contributed by atoms with E-state index in [1.54, 1.807) is 0 Å². The lowest BCUT2D eigenvalue weighted by Crippen LogP contribution is -2.30. The highest BCUT2D eigenvalue weighted by Gasteiger charge is 2.19. The number of unbranched alkanes of at least 4 members (excludes halogenated alkanes) is 34. The molecule has 0 saturated carbocycles. The Morgan fingerprint density at radius 1 is 0.276 bits per heavy atom. The fourth-order valence-corrected chi connectivity index (χ4v) is 9.29. The average molecular weight is 1060 g/mol. The van der Waals surface area contributed by atoms with Crippen molar-refractivity contribution in [2.45, 2.75) is 329 Å². The molecule has 438 valence electrons. The molecule has 0 rings (SSSR count). The maximum atomic E-state index is 12.9. The summed E-state index contributed by atoms with van der Waals surface area (Å²) in [4.78, 5) is 38.2. The predicted molar refractivity (Wildman–Crippen MR) is 330 cm³/mol. The summed E-state index contributed by atoms with van der Waals surface area (Å²) in [6.07, 6.45) is 84.8. The van der Waals surface area contributed by atoms with Crippen LogP contribution >= 0.6 is 0 Å². The molecule has 0 aromatic rings. The summed E-state index contributed by atoms with van der Waals surface area (Å²) in [7, 11) is 0. The van der Waals surface area contributed by atoms with Crippen molar-refractivity contribution in [1.29, 1.82) is 0 Å². The van der Waals surface area contributed by atoms with Gasteiger partial charge >= 0.3 is 17.9 Å². The van der Waals surface area contributed by atoms with Gasteiger partial charge in [0.15, 0.2) is 6.10 Å². The Balaban J connectivity index is 4.25. The third-order valence-corrected chi connectivity index (χ3v) is 14.1. The lowest BCUT2D eigenvalue weighted by Gasteiger charge is -2.18. The number of hydrogen-bond acceptors (Lipinski definition) is 6. The van der Waals surface area contributed by atoms with Crippen molar-refractivity contribution in [2.75, 3.05) is 13.2 Å². The first-order valence-electron chi connectivity index (χ1n) is 32.6. The Morgan fingerprint density at radius 2 is 0.539 bits per heavy atom. The molecule has 0 saturated heterocycles. The summed E-state index contributed by atoms with van der Waals surface area (Å²) in [5.74, 6) is -0.968. The van der Waals surface area contributed by atoms with Crippen LogP contribution < -0.4 is 0 Å². The zero-order valence-corrected chi connectivity index (χ0v) is 50.3. The molecule has 0 bridgehead atoms. The minimum Gasteiger partial charge on any atom is -0.462 e. The van der Waals surface area contributed by atoms with E-state index in [-0.39, 0.29) is 37.5 Å². The van der Waals surface area contributed by atoms with Gasteiger partial charge in [0.2, 0.25) is 0 Å². The quantitative estimate of drug-likeness (QED) is 0.0261. The van der Waals surface area contributed by atoms with Gasteiger partial charge in [-0.15, -0.1) is 0 Å². The van der Waals surface area contributed by atoms with Crippen LogP contribution in [0.15, 0.2) is 85.1 Å². The van der Waals surface area contributed by atoms with Crippen LogP contribution in [0, 0.1) is 0 Å². The molecule has 1 unspecified atom stereocenters. The maximum Gasteiger partial charge on any atom is 0.306 e. The lowest BCUT2D eigenvalue weighted by molar-refractivity contribution is -0.166. The third kappa shape index (κ3) is 61.4. The minimum atomic E-state index is -0.804. The maximum absolute atomic E-state index is 12.9. The van der Waals surface area contributed by atoms with Crippen molar-refractivity contribution < 1.29 is 28.6 Å². The summed E-state index contributed by atoms with van der Waals surface area (Å²) in [6, 6.07) is 0. The Bertz CT molecular complexity index is 1450. The van der Waals surface area contributed by atoms with E-state index in [2.05, 4.69) is 99.8 Å². The van der Waals surface area contributed by atoms with Gasteiger partial charge < -0.3 is 14.2 Å². The highest BCUT2D eigenvalue weighted by atomic mass is 16.6. The van der Waals surface area contributed by atoms with Crippen molar-refractivity contribution in [2.24, 2.45) is 0 Å². The number of rotatable bonds is 59. The van der Waals surface area contributed by atoms with Gasteiger partial charge in [-0.1, -0.05) is 305 Å². The zero-order chi connectivity index (χ0) is 55.0. The summed E-state index contributed by atoms with van der Waals surface area (Å²) in [5.41, 5.74) is 0. The number of esters is 3. The third-order valence-electron chi connectivity index (χ3n) is 14.1. The zero-order valence-electron chi connectivity index (χ0n) is 50.3. The second-order valence-electron chi connectivity index (χ2n) is 21.6. The normalized spacial score (nSPS) is 12.6. The van der Waals surface area contributed by atoms with Crippen molar-refractivity contribution in [1.82, 2.24) is 0 Å². The summed E-state index contributed by atoms with van der Waals surface area (Å²) in [5, 5.41) is 0. The molecule has 0 aliphatic heterocycles. The van der Waals surface area contributed by atoms with Crippen molar-refractivity contribution in [3.05, 3.63) is 85.1 Å². The number of carbonyl (C=O) groups is 3. The molecule has 0 aliphatic rings. The predicted octanol–water partition coefficient (Wildman–Crippen LogP) is 22.3. The Hall–Kier alpha value is -3.41. The molecular weight excluding hydrogens is 937 g/mol. The van der Waals surface area contributed by atoms with Crippen molar-refractivity contribution in [3.63, 3.8) is 0 Å². The van der Waals surface area contributed by atoms with Crippen LogP contribution in [-0.4, -0.2) is 37.2 Å². The molecule has 0 fully saturated rings. The number of ether oxygens (including phenoxy) is 3. The van der Waals surface area contributed by atoms with Crippen LogP contribution in [0.1, 0.15) is 323 Å². The van der Waals surface area contributed by atoms with Gasteiger partial charge in [0, 0.05) is 19.3 Å². The van der Waals surface area contributed by atoms with Gasteiger partial charge in [-0.2, -0.15) is 0 Å². The smallest absolute Gasteiger partial charge is 0.306 e. The molecule has 0 N–H and O–H groups in total. The molecule has 0 radical (unpaired) electrons. The Labute approximate surface area is 471 Å². The average Bonchev–Trinajstić information content (AvgIpc) is 3.42. The van der Waals surface area contributed by atoms with Gasteiger partial charge in [0.25, 0.3) is 0 Å². The topological polar surface area (TPSA) is 78.9 Å². The first kappa shape index (κ1) is 72.6. The van der Waals surface area contributed by atoms with Crippen LogP contribution in [0.25, 0.3) is 0 Å². The summed E-state index contributed by atoms with van der Waals surface area (Å²) in [6.45, 7) is 6.48.